The molecule has 11 heavy (non-hydrogen) atoms. The van der Waals surface area contributed by atoms with E-state index in [0.29, 0.717) is 5.60 Å². The van der Waals surface area contributed by atoms with Crippen molar-refractivity contribution in [2.75, 3.05) is 6.61 Å². The Labute approximate surface area is 69.1 Å². The molecular weight excluding hydrogens is 136 g/mol. The molecule has 1 heterocycles. The van der Waals surface area contributed by atoms with Gasteiger partial charge < -0.3 is 4.74 Å². The van der Waals surface area contributed by atoms with Crippen LogP contribution < -0.4 is 0 Å². The first kappa shape index (κ1) is 7.60. The quantitative estimate of drug-likeness (QED) is 0.564. The molecule has 0 amide bonds. The van der Waals surface area contributed by atoms with E-state index < -0.39 is 0 Å². The van der Waals surface area contributed by atoms with Crippen LogP contribution in [-0.4, -0.2) is 12.2 Å². The summed E-state index contributed by atoms with van der Waals surface area (Å²) in [4.78, 5) is 0. The van der Waals surface area contributed by atoms with Gasteiger partial charge in [-0.3, -0.25) is 0 Å². The Bertz CT molecular complexity index is 130. The molecule has 1 nitrogen and oxygen atoms in total. The van der Waals surface area contributed by atoms with Crippen LogP contribution in [0.3, 0.4) is 0 Å². The summed E-state index contributed by atoms with van der Waals surface area (Å²) in [5, 5.41) is 0. The molecule has 0 radical (unpaired) electrons. The largest absolute Gasteiger partial charge is 0.375 e. The summed E-state index contributed by atoms with van der Waals surface area (Å²) < 4.78 is 5.90. The van der Waals surface area contributed by atoms with Gasteiger partial charge in [0.25, 0.3) is 0 Å². The van der Waals surface area contributed by atoms with E-state index in [-0.39, 0.29) is 0 Å². The van der Waals surface area contributed by atoms with E-state index in [9.17, 15) is 0 Å². The number of hydrogen-bond donors (Lipinski definition) is 0. The predicted octanol–water partition coefficient (Wildman–Crippen LogP) is 2.75. The highest BCUT2D eigenvalue weighted by molar-refractivity contribution is 4.95. The molecule has 2 unspecified atom stereocenters. The molecule has 0 N–H and O–H groups in total. The average molecular weight is 154 g/mol. The standard InChI is InChI=1S/C10H18O/c1-2-9-5-3-6-10(9)7-4-8-11-10/h9H,2-8H2,1H3. The molecule has 2 rings (SSSR count). The van der Waals surface area contributed by atoms with Gasteiger partial charge in [-0.05, 0) is 31.6 Å². The van der Waals surface area contributed by atoms with Crippen LogP contribution in [0.4, 0.5) is 0 Å². The molecule has 0 aromatic rings. The maximum absolute atomic E-state index is 5.90. The van der Waals surface area contributed by atoms with Crippen molar-refractivity contribution >= 4 is 0 Å². The van der Waals surface area contributed by atoms with Gasteiger partial charge in [0.2, 0.25) is 0 Å². The second-order valence-electron chi connectivity index (χ2n) is 4.01. The summed E-state index contributed by atoms with van der Waals surface area (Å²) in [6.07, 6.45) is 8.11. The van der Waals surface area contributed by atoms with Gasteiger partial charge in [0.05, 0.1) is 5.60 Å². The first-order chi connectivity index (χ1) is 5.37. The van der Waals surface area contributed by atoms with E-state index in [1.165, 1.54) is 38.5 Å². The van der Waals surface area contributed by atoms with Crippen molar-refractivity contribution in [2.45, 2.75) is 51.0 Å². The molecule has 2 aliphatic rings. The molecule has 1 heteroatoms. The lowest BCUT2D eigenvalue weighted by Gasteiger charge is -2.29. The van der Waals surface area contributed by atoms with Gasteiger partial charge in [-0.25, -0.2) is 0 Å². The minimum Gasteiger partial charge on any atom is -0.375 e. The highest BCUT2D eigenvalue weighted by Crippen LogP contribution is 2.46. The second-order valence-corrected chi connectivity index (χ2v) is 4.01. The van der Waals surface area contributed by atoms with E-state index in [0.717, 1.165) is 12.5 Å². The van der Waals surface area contributed by atoms with Gasteiger partial charge in [-0.15, -0.1) is 0 Å². The SMILES string of the molecule is CCC1CCCC12CCCO2. The summed E-state index contributed by atoms with van der Waals surface area (Å²) in [6, 6.07) is 0. The summed E-state index contributed by atoms with van der Waals surface area (Å²) in [5.41, 5.74) is 0.356. The maximum Gasteiger partial charge on any atom is 0.0711 e. The lowest BCUT2D eigenvalue weighted by atomic mass is 9.86. The zero-order valence-corrected chi connectivity index (χ0v) is 7.44. The molecule has 1 spiro atoms. The van der Waals surface area contributed by atoms with Gasteiger partial charge in [-0.2, -0.15) is 0 Å². The average Bonchev–Trinajstić information content (AvgIpc) is 2.62. The van der Waals surface area contributed by atoms with Gasteiger partial charge in [0.1, 0.15) is 0 Å². The smallest absolute Gasteiger partial charge is 0.0711 e. The van der Waals surface area contributed by atoms with Gasteiger partial charge >= 0.3 is 0 Å². The van der Waals surface area contributed by atoms with Crippen molar-refractivity contribution in [1.82, 2.24) is 0 Å². The van der Waals surface area contributed by atoms with Crippen molar-refractivity contribution in [1.29, 1.82) is 0 Å². The van der Waals surface area contributed by atoms with E-state index >= 15 is 0 Å². The summed E-state index contributed by atoms with van der Waals surface area (Å²) in [7, 11) is 0. The van der Waals surface area contributed by atoms with Crippen LogP contribution in [0.1, 0.15) is 45.4 Å². The zero-order valence-electron chi connectivity index (χ0n) is 7.44. The van der Waals surface area contributed by atoms with Gasteiger partial charge in [0, 0.05) is 6.61 Å². The lowest BCUT2D eigenvalue weighted by molar-refractivity contribution is -0.0274. The van der Waals surface area contributed by atoms with Crippen molar-refractivity contribution in [3.8, 4) is 0 Å². The highest BCUT2D eigenvalue weighted by Gasteiger charge is 2.44. The molecule has 1 saturated heterocycles. The van der Waals surface area contributed by atoms with Crippen molar-refractivity contribution in [2.24, 2.45) is 5.92 Å². The fourth-order valence-electron chi connectivity index (χ4n) is 2.93. The van der Waals surface area contributed by atoms with Gasteiger partial charge in [0.15, 0.2) is 0 Å². The Kier molecular flexibility index (Phi) is 1.92. The Morgan fingerprint density at radius 1 is 1.36 bits per heavy atom. The topological polar surface area (TPSA) is 9.23 Å². The number of hydrogen-bond acceptors (Lipinski definition) is 1. The van der Waals surface area contributed by atoms with Crippen LogP contribution in [-0.2, 0) is 4.74 Å². The van der Waals surface area contributed by atoms with Crippen LogP contribution in [0.25, 0.3) is 0 Å². The molecule has 2 atom stereocenters. The third-order valence-electron chi connectivity index (χ3n) is 3.52. The summed E-state index contributed by atoms with van der Waals surface area (Å²) in [5.74, 6) is 0.880. The van der Waals surface area contributed by atoms with Crippen LogP contribution in [0.15, 0.2) is 0 Å². The molecular formula is C10H18O. The fourth-order valence-corrected chi connectivity index (χ4v) is 2.93. The second kappa shape index (κ2) is 2.78. The van der Waals surface area contributed by atoms with Crippen LogP contribution in [0.2, 0.25) is 0 Å². The van der Waals surface area contributed by atoms with E-state index in [1.807, 2.05) is 0 Å². The normalized spacial score (nSPS) is 43.9. The van der Waals surface area contributed by atoms with Crippen LogP contribution in [0.5, 0.6) is 0 Å². The Morgan fingerprint density at radius 3 is 2.82 bits per heavy atom. The lowest BCUT2D eigenvalue weighted by Crippen LogP contribution is -2.31. The first-order valence-corrected chi connectivity index (χ1v) is 5.01. The summed E-state index contributed by atoms with van der Waals surface area (Å²) >= 11 is 0. The molecule has 0 bridgehead atoms. The molecule has 1 aliphatic heterocycles. The molecule has 2 fully saturated rings. The Balaban J connectivity index is 2.09. The summed E-state index contributed by atoms with van der Waals surface area (Å²) in [6.45, 7) is 3.33. The van der Waals surface area contributed by atoms with Crippen molar-refractivity contribution in [3.05, 3.63) is 0 Å². The van der Waals surface area contributed by atoms with Crippen LogP contribution in [0, 0.1) is 5.92 Å². The Hall–Kier alpha value is -0.0400. The van der Waals surface area contributed by atoms with Crippen molar-refractivity contribution in [3.63, 3.8) is 0 Å². The number of rotatable bonds is 1. The molecule has 1 saturated carbocycles. The van der Waals surface area contributed by atoms with E-state index in [1.54, 1.807) is 0 Å². The fraction of sp³-hybridized carbons (Fsp3) is 1.00. The van der Waals surface area contributed by atoms with Crippen LogP contribution >= 0.6 is 0 Å². The predicted molar refractivity (Wildman–Crippen MR) is 45.5 cm³/mol. The molecule has 1 aliphatic carbocycles. The molecule has 0 aromatic carbocycles. The van der Waals surface area contributed by atoms with Crippen molar-refractivity contribution < 1.29 is 4.74 Å². The highest BCUT2D eigenvalue weighted by atomic mass is 16.5. The third-order valence-corrected chi connectivity index (χ3v) is 3.52. The zero-order chi connectivity index (χ0) is 7.73. The Morgan fingerprint density at radius 2 is 2.18 bits per heavy atom. The van der Waals surface area contributed by atoms with E-state index in [4.69, 9.17) is 4.74 Å². The monoisotopic (exact) mass is 154 g/mol. The first-order valence-electron chi connectivity index (χ1n) is 5.01. The maximum atomic E-state index is 5.90. The molecule has 0 aromatic heterocycles. The third kappa shape index (κ3) is 1.10. The minimum absolute atomic E-state index is 0.356. The minimum atomic E-state index is 0.356. The van der Waals surface area contributed by atoms with E-state index in [2.05, 4.69) is 6.92 Å². The van der Waals surface area contributed by atoms with Gasteiger partial charge in [-0.1, -0.05) is 19.8 Å². The number of ether oxygens (including phenoxy) is 1. The molecule has 64 valence electrons.